The molecule has 6 nitrogen and oxygen atoms in total. The second-order valence-corrected chi connectivity index (χ2v) is 6.04. The van der Waals surface area contributed by atoms with Gasteiger partial charge in [0.25, 0.3) is 5.56 Å². The molecule has 7 heteroatoms. The van der Waals surface area contributed by atoms with E-state index < -0.39 is 0 Å². The molecule has 0 aliphatic heterocycles. The zero-order chi connectivity index (χ0) is 18.7. The predicted molar refractivity (Wildman–Crippen MR) is 97.0 cm³/mol. The molecule has 0 radical (unpaired) electrons. The molecule has 26 heavy (non-hydrogen) atoms. The highest BCUT2D eigenvalue weighted by molar-refractivity contribution is 5.81. The van der Waals surface area contributed by atoms with Crippen molar-refractivity contribution in [1.82, 2.24) is 14.9 Å². The lowest BCUT2D eigenvalue weighted by molar-refractivity contribution is 0.310. The van der Waals surface area contributed by atoms with Gasteiger partial charge < -0.3 is 14.5 Å². The number of aromatic amines is 1. The van der Waals surface area contributed by atoms with E-state index in [1.807, 2.05) is 18.0 Å². The number of fused-ring (bicyclic) bond motifs is 1. The van der Waals surface area contributed by atoms with E-state index in [1.54, 1.807) is 18.2 Å². The lowest BCUT2D eigenvalue weighted by atomic mass is 10.2. The van der Waals surface area contributed by atoms with Crippen LogP contribution in [0.1, 0.15) is 11.4 Å². The Bertz CT molecular complexity index is 987. The standard InChI is InChI=1S/C19H20FN3O3/c1-23(10-12-5-4-6-13(20)7-12)11-18-21-15-9-17(26-3)16(25-2)8-14(15)19(24)22-18/h4-9H,10-11H2,1-3H3,(H,21,22,24). The molecule has 0 aliphatic carbocycles. The number of hydrogen-bond acceptors (Lipinski definition) is 5. The average Bonchev–Trinajstić information content (AvgIpc) is 2.60. The predicted octanol–water partition coefficient (Wildman–Crippen LogP) is 2.71. The molecule has 1 aromatic heterocycles. The fraction of sp³-hybridized carbons (Fsp3) is 0.263. The van der Waals surface area contributed by atoms with Crippen LogP contribution >= 0.6 is 0 Å². The lowest BCUT2D eigenvalue weighted by Crippen LogP contribution is -2.22. The first-order valence-electron chi connectivity index (χ1n) is 8.08. The number of nitrogens with zero attached hydrogens (tertiary/aromatic N) is 2. The first-order valence-corrected chi connectivity index (χ1v) is 8.08. The zero-order valence-electron chi connectivity index (χ0n) is 14.9. The summed E-state index contributed by atoms with van der Waals surface area (Å²) in [5, 5.41) is 0.430. The molecule has 2 aromatic carbocycles. The number of aromatic nitrogens is 2. The molecule has 136 valence electrons. The monoisotopic (exact) mass is 357 g/mol. The number of rotatable bonds is 6. The van der Waals surface area contributed by atoms with Crippen molar-refractivity contribution in [3.8, 4) is 11.5 Å². The van der Waals surface area contributed by atoms with Crippen LogP contribution in [0.2, 0.25) is 0 Å². The summed E-state index contributed by atoms with van der Waals surface area (Å²) in [5.41, 5.74) is 1.13. The average molecular weight is 357 g/mol. The van der Waals surface area contributed by atoms with Gasteiger partial charge in [-0.1, -0.05) is 12.1 Å². The summed E-state index contributed by atoms with van der Waals surface area (Å²) in [7, 11) is 4.93. The summed E-state index contributed by atoms with van der Waals surface area (Å²) < 4.78 is 23.8. The van der Waals surface area contributed by atoms with Crippen LogP contribution in [0.4, 0.5) is 4.39 Å². The molecule has 0 amide bonds. The zero-order valence-corrected chi connectivity index (χ0v) is 14.9. The second-order valence-electron chi connectivity index (χ2n) is 6.04. The van der Waals surface area contributed by atoms with Crippen LogP contribution in [-0.2, 0) is 13.1 Å². The van der Waals surface area contributed by atoms with Gasteiger partial charge in [-0.2, -0.15) is 0 Å². The van der Waals surface area contributed by atoms with Gasteiger partial charge in [-0.3, -0.25) is 9.69 Å². The van der Waals surface area contributed by atoms with Gasteiger partial charge >= 0.3 is 0 Å². The summed E-state index contributed by atoms with van der Waals surface area (Å²) in [6.07, 6.45) is 0. The van der Waals surface area contributed by atoms with Gasteiger partial charge in [-0.15, -0.1) is 0 Å². The Labute approximate surface area is 150 Å². The fourth-order valence-electron chi connectivity index (χ4n) is 2.85. The van der Waals surface area contributed by atoms with Gasteiger partial charge in [-0.05, 0) is 30.8 Å². The van der Waals surface area contributed by atoms with Crippen LogP contribution in [0, 0.1) is 5.82 Å². The molecule has 0 fully saturated rings. The molecule has 0 spiro atoms. The third-order valence-corrected chi connectivity index (χ3v) is 4.02. The summed E-state index contributed by atoms with van der Waals surface area (Å²) in [4.78, 5) is 21.6. The highest BCUT2D eigenvalue weighted by Gasteiger charge is 2.12. The number of halogens is 1. The van der Waals surface area contributed by atoms with E-state index in [4.69, 9.17) is 9.47 Å². The number of methoxy groups -OCH3 is 2. The molecule has 1 heterocycles. The Hall–Kier alpha value is -2.93. The van der Waals surface area contributed by atoms with Crippen molar-refractivity contribution >= 4 is 10.9 Å². The van der Waals surface area contributed by atoms with Gasteiger partial charge in [0.2, 0.25) is 0 Å². The Kier molecular flexibility index (Phi) is 5.18. The fourth-order valence-corrected chi connectivity index (χ4v) is 2.85. The van der Waals surface area contributed by atoms with E-state index in [1.165, 1.54) is 26.4 Å². The van der Waals surface area contributed by atoms with Crippen molar-refractivity contribution in [2.45, 2.75) is 13.1 Å². The van der Waals surface area contributed by atoms with E-state index in [0.717, 1.165) is 5.56 Å². The summed E-state index contributed by atoms with van der Waals surface area (Å²) in [6.45, 7) is 0.946. The van der Waals surface area contributed by atoms with E-state index >= 15 is 0 Å². The van der Waals surface area contributed by atoms with Crippen molar-refractivity contribution in [2.75, 3.05) is 21.3 Å². The Morgan fingerprint density at radius 3 is 2.54 bits per heavy atom. The third-order valence-electron chi connectivity index (χ3n) is 4.02. The third kappa shape index (κ3) is 3.83. The van der Waals surface area contributed by atoms with Crippen LogP contribution < -0.4 is 15.0 Å². The summed E-state index contributed by atoms with van der Waals surface area (Å²) >= 11 is 0. The first kappa shape index (κ1) is 17.9. The molecule has 0 saturated heterocycles. The summed E-state index contributed by atoms with van der Waals surface area (Å²) in [6, 6.07) is 9.72. The van der Waals surface area contributed by atoms with Crippen molar-refractivity contribution < 1.29 is 13.9 Å². The van der Waals surface area contributed by atoms with E-state index in [9.17, 15) is 9.18 Å². The maximum absolute atomic E-state index is 13.3. The molecule has 1 N–H and O–H groups in total. The van der Waals surface area contributed by atoms with Gasteiger partial charge in [0.1, 0.15) is 11.6 Å². The van der Waals surface area contributed by atoms with Crippen LogP contribution in [0.25, 0.3) is 10.9 Å². The largest absolute Gasteiger partial charge is 0.493 e. The minimum absolute atomic E-state index is 0.245. The Morgan fingerprint density at radius 2 is 1.85 bits per heavy atom. The van der Waals surface area contributed by atoms with Crippen molar-refractivity contribution in [3.63, 3.8) is 0 Å². The molecule has 3 rings (SSSR count). The maximum atomic E-state index is 13.3. The van der Waals surface area contributed by atoms with E-state index in [2.05, 4.69) is 9.97 Å². The number of benzene rings is 2. The number of ether oxygens (including phenoxy) is 2. The highest BCUT2D eigenvalue weighted by Crippen LogP contribution is 2.29. The molecule has 0 bridgehead atoms. The number of nitrogens with one attached hydrogen (secondary N) is 1. The summed E-state index contributed by atoms with van der Waals surface area (Å²) in [5.74, 6) is 1.24. The first-order chi connectivity index (χ1) is 12.5. The molecule has 0 saturated carbocycles. The van der Waals surface area contributed by atoms with Crippen LogP contribution in [0.15, 0.2) is 41.2 Å². The molecule has 0 aliphatic rings. The minimum atomic E-state index is -0.269. The smallest absolute Gasteiger partial charge is 0.258 e. The molecule has 3 aromatic rings. The number of hydrogen-bond donors (Lipinski definition) is 1. The van der Waals surface area contributed by atoms with E-state index in [0.29, 0.717) is 41.3 Å². The van der Waals surface area contributed by atoms with Crippen molar-refractivity contribution in [2.24, 2.45) is 0 Å². The second kappa shape index (κ2) is 7.53. The van der Waals surface area contributed by atoms with Gasteiger partial charge in [0.15, 0.2) is 11.5 Å². The molecular formula is C19H20FN3O3. The van der Waals surface area contributed by atoms with Crippen LogP contribution in [0.3, 0.4) is 0 Å². The normalized spacial score (nSPS) is 11.1. The minimum Gasteiger partial charge on any atom is -0.493 e. The van der Waals surface area contributed by atoms with Crippen LogP contribution in [0.5, 0.6) is 11.5 Å². The molecular weight excluding hydrogens is 337 g/mol. The number of H-pyrrole nitrogens is 1. The van der Waals surface area contributed by atoms with Gasteiger partial charge in [-0.25, -0.2) is 9.37 Å². The Morgan fingerprint density at radius 1 is 1.12 bits per heavy atom. The molecule has 0 atom stereocenters. The topological polar surface area (TPSA) is 67.5 Å². The van der Waals surface area contributed by atoms with E-state index in [-0.39, 0.29) is 11.4 Å². The van der Waals surface area contributed by atoms with Crippen molar-refractivity contribution in [3.05, 3.63) is 64.0 Å². The van der Waals surface area contributed by atoms with Crippen molar-refractivity contribution in [1.29, 1.82) is 0 Å². The van der Waals surface area contributed by atoms with Crippen LogP contribution in [-0.4, -0.2) is 36.1 Å². The highest BCUT2D eigenvalue weighted by atomic mass is 19.1. The Balaban J connectivity index is 1.87. The lowest BCUT2D eigenvalue weighted by Gasteiger charge is -2.16. The molecule has 0 unspecified atom stereocenters. The SMILES string of the molecule is COc1cc2nc(CN(C)Cc3cccc(F)c3)[nH]c(=O)c2cc1OC. The van der Waals surface area contributed by atoms with Gasteiger partial charge in [0.05, 0.1) is 31.7 Å². The maximum Gasteiger partial charge on any atom is 0.258 e. The quantitative estimate of drug-likeness (QED) is 0.735. The van der Waals surface area contributed by atoms with Gasteiger partial charge in [0, 0.05) is 12.6 Å².